The largest absolute Gasteiger partial charge is 0.466 e. The lowest BCUT2D eigenvalue weighted by Crippen LogP contribution is -2.37. The number of amides is 1. The van der Waals surface area contributed by atoms with Crippen molar-refractivity contribution in [3.8, 4) is 11.5 Å². The van der Waals surface area contributed by atoms with Crippen LogP contribution in [0.15, 0.2) is 84.9 Å². The number of ether oxygens (including phenoxy) is 2. The third kappa shape index (κ3) is 6.83. The van der Waals surface area contributed by atoms with Gasteiger partial charge in [-0.1, -0.05) is 42.5 Å². The van der Waals surface area contributed by atoms with E-state index in [1.54, 1.807) is 30.3 Å². The second-order valence-electron chi connectivity index (χ2n) is 6.84. The molecule has 3 N–H and O–H groups in total. The summed E-state index contributed by atoms with van der Waals surface area (Å²) in [5.74, 6) is 0.715. The summed E-state index contributed by atoms with van der Waals surface area (Å²) < 4.78 is 10.4. The second-order valence-corrected chi connectivity index (χ2v) is 6.84. The monoisotopic (exact) mass is 416 g/mol. The van der Waals surface area contributed by atoms with Gasteiger partial charge in [-0.2, -0.15) is 0 Å². The molecule has 31 heavy (non-hydrogen) atoms. The first-order valence-electron chi connectivity index (χ1n) is 9.78. The lowest BCUT2D eigenvalue weighted by atomic mass is 10.1. The van der Waals surface area contributed by atoms with E-state index in [4.69, 9.17) is 10.5 Å². The Morgan fingerprint density at radius 2 is 1.68 bits per heavy atom. The molecule has 0 aliphatic heterocycles. The molecule has 158 valence electrons. The Morgan fingerprint density at radius 1 is 0.968 bits per heavy atom. The maximum absolute atomic E-state index is 12.5. The fourth-order valence-corrected chi connectivity index (χ4v) is 2.85. The van der Waals surface area contributed by atoms with Crippen LogP contribution in [0.4, 0.5) is 5.69 Å². The van der Waals surface area contributed by atoms with E-state index in [0.717, 1.165) is 16.9 Å². The van der Waals surface area contributed by atoms with Crippen molar-refractivity contribution in [3.63, 3.8) is 0 Å². The van der Waals surface area contributed by atoms with Gasteiger partial charge in [0.2, 0.25) is 5.91 Å². The van der Waals surface area contributed by atoms with Gasteiger partial charge in [-0.25, -0.2) is 4.79 Å². The van der Waals surface area contributed by atoms with Crippen molar-refractivity contribution in [2.24, 2.45) is 5.73 Å². The number of hydrogen-bond acceptors (Lipinski definition) is 5. The second kappa shape index (κ2) is 10.8. The molecule has 0 radical (unpaired) electrons. The summed E-state index contributed by atoms with van der Waals surface area (Å²) in [6, 6.07) is 23.3. The lowest BCUT2D eigenvalue weighted by Gasteiger charge is -2.13. The Labute approximate surface area is 181 Å². The zero-order chi connectivity index (χ0) is 22.1. The molecular weight excluding hydrogens is 392 g/mol. The van der Waals surface area contributed by atoms with Crippen LogP contribution in [0.3, 0.4) is 0 Å². The van der Waals surface area contributed by atoms with Crippen LogP contribution in [0.25, 0.3) is 6.08 Å². The number of esters is 1. The molecule has 6 heteroatoms. The van der Waals surface area contributed by atoms with Gasteiger partial charge in [0.05, 0.1) is 13.2 Å². The molecular formula is C25H24N2O4. The Morgan fingerprint density at radius 3 is 2.39 bits per heavy atom. The maximum atomic E-state index is 12.5. The van der Waals surface area contributed by atoms with Gasteiger partial charge in [-0.3, -0.25) is 4.79 Å². The fourth-order valence-electron chi connectivity index (χ4n) is 2.85. The average molecular weight is 416 g/mol. The molecule has 3 rings (SSSR count). The standard InChI is InChI=1S/C25H24N2O4/c1-30-24(28)15-12-18-10-13-20(14-11-18)27-25(29)23(26)17-19-6-5-9-22(16-19)31-21-7-3-2-4-8-21/h2-16,23H,17,26H2,1H3,(H,27,29). The summed E-state index contributed by atoms with van der Waals surface area (Å²) in [5, 5.41) is 2.81. The number of methoxy groups -OCH3 is 1. The van der Waals surface area contributed by atoms with Gasteiger partial charge in [0.15, 0.2) is 0 Å². The van der Waals surface area contributed by atoms with Gasteiger partial charge in [-0.05, 0) is 60.0 Å². The van der Waals surface area contributed by atoms with Crippen LogP contribution in [-0.2, 0) is 20.7 Å². The number of nitrogens with two attached hydrogens (primary N) is 1. The molecule has 0 aliphatic carbocycles. The summed E-state index contributed by atoms with van der Waals surface area (Å²) in [5.41, 5.74) is 8.44. The van der Waals surface area contributed by atoms with E-state index in [2.05, 4.69) is 10.1 Å². The Bertz CT molecular complexity index is 1050. The molecule has 3 aromatic rings. The van der Waals surface area contributed by atoms with Crippen LogP contribution < -0.4 is 15.8 Å². The van der Waals surface area contributed by atoms with Crippen LogP contribution >= 0.6 is 0 Å². The van der Waals surface area contributed by atoms with Crippen LogP contribution in [0.2, 0.25) is 0 Å². The number of para-hydroxylation sites is 1. The molecule has 0 bridgehead atoms. The van der Waals surface area contributed by atoms with Gasteiger partial charge in [0.25, 0.3) is 0 Å². The third-order valence-electron chi connectivity index (χ3n) is 4.46. The highest BCUT2D eigenvalue weighted by molar-refractivity contribution is 5.95. The lowest BCUT2D eigenvalue weighted by molar-refractivity contribution is -0.134. The van der Waals surface area contributed by atoms with Crippen molar-refractivity contribution in [1.82, 2.24) is 0 Å². The molecule has 0 heterocycles. The van der Waals surface area contributed by atoms with Crippen molar-refractivity contribution >= 4 is 23.6 Å². The quantitative estimate of drug-likeness (QED) is 0.425. The van der Waals surface area contributed by atoms with E-state index in [1.165, 1.54) is 13.2 Å². The van der Waals surface area contributed by atoms with Crippen molar-refractivity contribution in [2.45, 2.75) is 12.5 Å². The highest BCUT2D eigenvalue weighted by atomic mass is 16.5. The van der Waals surface area contributed by atoms with Crippen molar-refractivity contribution in [3.05, 3.63) is 96.1 Å². The summed E-state index contributed by atoms with van der Waals surface area (Å²) >= 11 is 0. The normalized spacial score (nSPS) is 11.7. The molecule has 0 spiro atoms. The topological polar surface area (TPSA) is 90.7 Å². The average Bonchev–Trinajstić information content (AvgIpc) is 2.79. The highest BCUT2D eigenvalue weighted by Gasteiger charge is 2.15. The summed E-state index contributed by atoms with van der Waals surface area (Å²) in [6.07, 6.45) is 3.34. The van der Waals surface area contributed by atoms with Crippen LogP contribution in [0, 0.1) is 0 Å². The molecule has 0 saturated carbocycles. The van der Waals surface area contributed by atoms with E-state index in [9.17, 15) is 9.59 Å². The molecule has 6 nitrogen and oxygen atoms in total. The molecule has 3 aromatic carbocycles. The van der Waals surface area contributed by atoms with Gasteiger partial charge < -0.3 is 20.5 Å². The van der Waals surface area contributed by atoms with E-state index in [0.29, 0.717) is 17.9 Å². The molecule has 0 aromatic heterocycles. The molecule has 0 aliphatic rings. The van der Waals surface area contributed by atoms with E-state index in [1.807, 2.05) is 54.6 Å². The number of anilines is 1. The molecule has 1 amide bonds. The van der Waals surface area contributed by atoms with Gasteiger partial charge in [-0.15, -0.1) is 0 Å². The first-order chi connectivity index (χ1) is 15.0. The van der Waals surface area contributed by atoms with Crippen molar-refractivity contribution in [2.75, 3.05) is 12.4 Å². The minimum Gasteiger partial charge on any atom is -0.466 e. The molecule has 1 unspecified atom stereocenters. The summed E-state index contributed by atoms with van der Waals surface area (Å²) in [7, 11) is 1.32. The summed E-state index contributed by atoms with van der Waals surface area (Å²) in [6.45, 7) is 0. The highest BCUT2D eigenvalue weighted by Crippen LogP contribution is 2.22. The Kier molecular flexibility index (Phi) is 7.56. The number of benzene rings is 3. The first-order valence-corrected chi connectivity index (χ1v) is 9.78. The predicted octanol–water partition coefficient (Wildman–Crippen LogP) is 4.17. The number of carbonyl (C=O) groups excluding carboxylic acids is 2. The number of hydrogen-bond donors (Lipinski definition) is 2. The fraction of sp³-hybridized carbons (Fsp3) is 0.120. The van der Waals surface area contributed by atoms with Crippen LogP contribution in [0.5, 0.6) is 11.5 Å². The smallest absolute Gasteiger partial charge is 0.330 e. The molecule has 0 fully saturated rings. The first kappa shape index (κ1) is 21.8. The van der Waals surface area contributed by atoms with Gasteiger partial charge in [0.1, 0.15) is 11.5 Å². The minimum atomic E-state index is -0.717. The zero-order valence-corrected chi connectivity index (χ0v) is 17.2. The molecule has 1 atom stereocenters. The van der Waals surface area contributed by atoms with E-state index >= 15 is 0 Å². The van der Waals surface area contributed by atoms with Crippen molar-refractivity contribution < 1.29 is 19.1 Å². The Hall–Kier alpha value is -3.90. The van der Waals surface area contributed by atoms with E-state index in [-0.39, 0.29) is 5.91 Å². The maximum Gasteiger partial charge on any atom is 0.330 e. The van der Waals surface area contributed by atoms with Crippen molar-refractivity contribution in [1.29, 1.82) is 0 Å². The number of nitrogens with one attached hydrogen (secondary N) is 1. The number of carbonyl (C=O) groups is 2. The summed E-state index contributed by atoms with van der Waals surface area (Å²) in [4.78, 5) is 23.6. The number of rotatable bonds is 8. The van der Waals surface area contributed by atoms with Gasteiger partial charge in [0, 0.05) is 11.8 Å². The third-order valence-corrected chi connectivity index (χ3v) is 4.46. The predicted molar refractivity (Wildman–Crippen MR) is 121 cm³/mol. The Balaban J connectivity index is 1.56. The SMILES string of the molecule is COC(=O)C=Cc1ccc(NC(=O)C(N)Cc2cccc(Oc3ccccc3)c2)cc1. The van der Waals surface area contributed by atoms with E-state index < -0.39 is 12.0 Å². The van der Waals surface area contributed by atoms with Gasteiger partial charge >= 0.3 is 5.97 Å². The zero-order valence-electron chi connectivity index (χ0n) is 17.2. The van der Waals surface area contributed by atoms with Crippen LogP contribution in [-0.4, -0.2) is 25.0 Å². The minimum absolute atomic E-state index is 0.285. The molecule has 0 saturated heterocycles. The van der Waals surface area contributed by atoms with Crippen LogP contribution in [0.1, 0.15) is 11.1 Å².